The lowest BCUT2D eigenvalue weighted by Crippen LogP contribution is -1.95. The molecule has 0 amide bonds. The van der Waals surface area contributed by atoms with E-state index in [-0.39, 0.29) is 12.1 Å². The molecule has 1 aromatic heterocycles. The average Bonchev–Trinajstić information content (AvgIpc) is 2.03. The Morgan fingerprint density at radius 2 is 2.23 bits per heavy atom. The summed E-state index contributed by atoms with van der Waals surface area (Å²) in [6.07, 6.45) is -2.56. The van der Waals surface area contributed by atoms with Crippen molar-refractivity contribution in [2.75, 3.05) is 0 Å². The van der Waals surface area contributed by atoms with E-state index < -0.39 is 6.43 Å². The monoisotopic (exact) mass is 246 g/mol. The molecule has 0 saturated carbocycles. The van der Waals surface area contributed by atoms with Gasteiger partial charge in [0.05, 0.1) is 18.2 Å². The Labute approximate surface area is 82.3 Å². The van der Waals surface area contributed by atoms with Crippen LogP contribution in [0.1, 0.15) is 17.8 Å². The molecule has 0 aliphatic heterocycles. The number of hydrogen-bond acceptors (Lipinski definition) is 2. The average molecular weight is 247 g/mol. The van der Waals surface area contributed by atoms with Crippen LogP contribution in [0.15, 0.2) is 16.6 Å². The van der Waals surface area contributed by atoms with Gasteiger partial charge in [-0.05, 0) is 12.1 Å². The van der Waals surface area contributed by atoms with Crippen LogP contribution in [0.5, 0.6) is 0 Å². The normalized spacial score (nSPS) is 10.1. The van der Waals surface area contributed by atoms with Gasteiger partial charge >= 0.3 is 0 Å². The second-order valence-corrected chi connectivity index (χ2v) is 3.25. The van der Waals surface area contributed by atoms with Gasteiger partial charge < -0.3 is 0 Å². The zero-order chi connectivity index (χ0) is 9.84. The van der Waals surface area contributed by atoms with Crippen molar-refractivity contribution in [3.8, 4) is 6.07 Å². The van der Waals surface area contributed by atoms with E-state index in [1.54, 1.807) is 6.07 Å². The van der Waals surface area contributed by atoms with Crippen molar-refractivity contribution in [1.29, 1.82) is 5.26 Å². The second-order valence-electron chi connectivity index (χ2n) is 2.34. The van der Waals surface area contributed by atoms with Gasteiger partial charge in [0.2, 0.25) is 0 Å². The predicted molar refractivity (Wildman–Crippen MR) is 46.2 cm³/mol. The maximum atomic E-state index is 12.2. The minimum atomic E-state index is -2.60. The summed E-state index contributed by atoms with van der Waals surface area (Å²) < 4.78 is 24.9. The van der Waals surface area contributed by atoms with Crippen LogP contribution in [-0.2, 0) is 6.42 Å². The quantitative estimate of drug-likeness (QED) is 0.805. The molecule has 0 spiro atoms. The van der Waals surface area contributed by atoms with E-state index in [0.717, 1.165) is 0 Å². The van der Waals surface area contributed by atoms with E-state index in [0.29, 0.717) is 10.2 Å². The standard InChI is InChI=1S/C8H5BrF2N2/c9-5-3-6(1-2-12)13-7(4-5)8(10)11/h3-4,8H,1H2. The molecule has 0 fully saturated rings. The smallest absolute Gasteiger partial charge is 0.251 e. The van der Waals surface area contributed by atoms with Crippen LogP contribution in [0, 0.1) is 11.3 Å². The molecule has 68 valence electrons. The number of alkyl halides is 2. The SMILES string of the molecule is N#CCc1cc(Br)cc(C(F)F)n1. The first-order chi connectivity index (χ1) is 6.13. The Morgan fingerprint density at radius 3 is 2.77 bits per heavy atom. The van der Waals surface area contributed by atoms with Gasteiger partial charge in [-0.3, -0.25) is 4.98 Å². The molecule has 1 heterocycles. The van der Waals surface area contributed by atoms with Crippen LogP contribution in [0.2, 0.25) is 0 Å². The molecule has 0 saturated heterocycles. The van der Waals surface area contributed by atoms with Gasteiger partial charge in [0.1, 0.15) is 5.69 Å². The highest BCUT2D eigenvalue weighted by atomic mass is 79.9. The fraction of sp³-hybridized carbons (Fsp3) is 0.250. The molecular formula is C8H5BrF2N2. The maximum absolute atomic E-state index is 12.2. The molecule has 13 heavy (non-hydrogen) atoms. The maximum Gasteiger partial charge on any atom is 0.280 e. The third kappa shape index (κ3) is 2.74. The number of hydrogen-bond donors (Lipinski definition) is 0. The Bertz CT molecular complexity index is 346. The number of nitriles is 1. The van der Waals surface area contributed by atoms with E-state index in [2.05, 4.69) is 20.9 Å². The number of aromatic nitrogens is 1. The molecule has 0 aliphatic rings. The summed E-state index contributed by atoms with van der Waals surface area (Å²) in [7, 11) is 0. The van der Waals surface area contributed by atoms with Crippen LogP contribution < -0.4 is 0 Å². The first-order valence-electron chi connectivity index (χ1n) is 3.45. The molecule has 0 aliphatic carbocycles. The van der Waals surface area contributed by atoms with E-state index in [1.807, 2.05) is 6.07 Å². The summed E-state index contributed by atoms with van der Waals surface area (Å²) in [4.78, 5) is 3.62. The molecule has 1 rings (SSSR count). The van der Waals surface area contributed by atoms with Gasteiger partial charge in [-0.25, -0.2) is 8.78 Å². The highest BCUT2D eigenvalue weighted by molar-refractivity contribution is 9.10. The highest BCUT2D eigenvalue weighted by Crippen LogP contribution is 2.21. The fourth-order valence-electron chi connectivity index (χ4n) is 0.856. The van der Waals surface area contributed by atoms with Crippen molar-refractivity contribution in [3.05, 3.63) is 28.0 Å². The molecule has 5 heteroatoms. The number of nitrogens with zero attached hydrogens (tertiary/aromatic N) is 2. The summed E-state index contributed by atoms with van der Waals surface area (Å²) in [5, 5.41) is 8.35. The third-order valence-electron chi connectivity index (χ3n) is 1.35. The lowest BCUT2D eigenvalue weighted by Gasteiger charge is -2.01. The number of pyridine rings is 1. The molecule has 0 bridgehead atoms. The molecule has 0 N–H and O–H groups in total. The largest absolute Gasteiger partial charge is 0.280 e. The van der Waals surface area contributed by atoms with Gasteiger partial charge in [-0.15, -0.1) is 0 Å². The van der Waals surface area contributed by atoms with Crippen molar-refractivity contribution in [1.82, 2.24) is 4.98 Å². The summed E-state index contributed by atoms with van der Waals surface area (Å²) in [6.45, 7) is 0. The minimum absolute atomic E-state index is 0.0408. The van der Waals surface area contributed by atoms with Crippen molar-refractivity contribution < 1.29 is 8.78 Å². The van der Waals surface area contributed by atoms with Gasteiger partial charge in [-0.2, -0.15) is 5.26 Å². The predicted octanol–water partition coefficient (Wildman–Crippen LogP) is 2.85. The first-order valence-corrected chi connectivity index (χ1v) is 4.24. The fourth-order valence-corrected chi connectivity index (χ4v) is 1.35. The molecule has 0 radical (unpaired) electrons. The molecule has 1 aromatic rings. The van der Waals surface area contributed by atoms with Crippen LogP contribution in [0.3, 0.4) is 0 Å². The third-order valence-corrected chi connectivity index (χ3v) is 1.80. The topological polar surface area (TPSA) is 36.7 Å². The van der Waals surface area contributed by atoms with Crippen molar-refractivity contribution >= 4 is 15.9 Å². The zero-order valence-electron chi connectivity index (χ0n) is 6.47. The van der Waals surface area contributed by atoms with Crippen molar-refractivity contribution in [2.45, 2.75) is 12.8 Å². The molecule has 0 aromatic carbocycles. The summed E-state index contributed by atoms with van der Waals surface area (Å²) in [5.41, 5.74) is 0.0480. The molecule has 2 nitrogen and oxygen atoms in total. The highest BCUT2D eigenvalue weighted by Gasteiger charge is 2.10. The Morgan fingerprint density at radius 1 is 1.54 bits per heavy atom. The number of halogens is 3. The van der Waals surface area contributed by atoms with Crippen molar-refractivity contribution in [3.63, 3.8) is 0 Å². The summed E-state index contributed by atoms with van der Waals surface area (Å²) in [5.74, 6) is 0. The van der Waals surface area contributed by atoms with E-state index >= 15 is 0 Å². The number of rotatable bonds is 2. The first kappa shape index (κ1) is 10.1. The lowest BCUT2D eigenvalue weighted by molar-refractivity contribution is 0.146. The van der Waals surface area contributed by atoms with Crippen LogP contribution >= 0.6 is 15.9 Å². The van der Waals surface area contributed by atoms with Gasteiger partial charge in [0.25, 0.3) is 6.43 Å². The van der Waals surface area contributed by atoms with E-state index in [9.17, 15) is 8.78 Å². The summed E-state index contributed by atoms with van der Waals surface area (Å²) >= 11 is 3.07. The van der Waals surface area contributed by atoms with Crippen LogP contribution in [-0.4, -0.2) is 4.98 Å². The summed E-state index contributed by atoms with van der Waals surface area (Å²) in [6, 6.07) is 4.64. The molecule has 0 atom stereocenters. The van der Waals surface area contributed by atoms with E-state index in [1.165, 1.54) is 6.07 Å². The Hall–Kier alpha value is -1.02. The van der Waals surface area contributed by atoms with Crippen LogP contribution in [0.4, 0.5) is 8.78 Å². The zero-order valence-corrected chi connectivity index (χ0v) is 8.05. The molecular weight excluding hydrogens is 242 g/mol. The lowest BCUT2D eigenvalue weighted by atomic mass is 10.2. The van der Waals surface area contributed by atoms with Crippen LogP contribution in [0.25, 0.3) is 0 Å². The van der Waals surface area contributed by atoms with Crippen molar-refractivity contribution in [2.24, 2.45) is 0 Å². The van der Waals surface area contributed by atoms with E-state index in [4.69, 9.17) is 5.26 Å². The van der Waals surface area contributed by atoms with Gasteiger partial charge in [0.15, 0.2) is 0 Å². The Balaban J connectivity index is 3.05. The van der Waals surface area contributed by atoms with Gasteiger partial charge in [0, 0.05) is 4.47 Å². The van der Waals surface area contributed by atoms with Gasteiger partial charge in [-0.1, -0.05) is 15.9 Å². The second kappa shape index (κ2) is 4.28. The molecule has 0 unspecified atom stereocenters. The minimum Gasteiger partial charge on any atom is -0.251 e. The Kier molecular flexibility index (Phi) is 3.32.